The average molecular weight is 366 g/mol. The monoisotopic (exact) mass is 366 g/mol. The lowest BCUT2D eigenvalue weighted by atomic mass is 9.88. The lowest BCUT2D eigenvalue weighted by Crippen LogP contribution is -2.44. The largest absolute Gasteiger partial charge is 0.495 e. The summed E-state index contributed by atoms with van der Waals surface area (Å²) in [5.41, 5.74) is 5.66. The minimum absolute atomic E-state index is 0.246. The van der Waals surface area contributed by atoms with Gasteiger partial charge in [0.25, 0.3) is 0 Å². The molecule has 1 unspecified atom stereocenters. The van der Waals surface area contributed by atoms with Crippen molar-refractivity contribution in [3.63, 3.8) is 0 Å². The zero-order chi connectivity index (χ0) is 18.9. The SMILES string of the molecule is COC(=C(OC)C1(C)Cc2cc3c(cc2C=NN1)OCO3)c1ccccc1. The van der Waals surface area contributed by atoms with Gasteiger partial charge in [-0.3, -0.25) is 5.43 Å². The number of rotatable bonds is 4. The topological polar surface area (TPSA) is 61.3 Å². The number of ether oxygens (including phenoxy) is 4. The lowest BCUT2D eigenvalue weighted by molar-refractivity contribution is 0.174. The van der Waals surface area contributed by atoms with Crippen LogP contribution in [0.4, 0.5) is 0 Å². The van der Waals surface area contributed by atoms with Crippen LogP contribution in [0.25, 0.3) is 5.76 Å². The molecule has 4 rings (SSSR count). The number of nitrogens with one attached hydrogen (secondary N) is 1. The molecule has 140 valence electrons. The molecular formula is C21H22N2O4. The summed E-state index contributed by atoms with van der Waals surface area (Å²) in [5.74, 6) is 2.85. The fraction of sp³-hybridized carbons (Fsp3) is 0.286. The van der Waals surface area contributed by atoms with E-state index in [0.29, 0.717) is 17.9 Å². The Morgan fingerprint density at radius 2 is 1.81 bits per heavy atom. The second-order valence-corrected chi connectivity index (χ2v) is 6.72. The van der Waals surface area contributed by atoms with E-state index < -0.39 is 5.54 Å². The molecule has 0 radical (unpaired) electrons. The number of hydrogen-bond acceptors (Lipinski definition) is 6. The molecule has 2 aliphatic rings. The van der Waals surface area contributed by atoms with Crippen LogP contribution in [-0.4, -0.2) is 32.8 Å². The fourth-order valence-corrected chi connectivity index (χ4v) is 3.57. The van der Waals surface area contributed by atoms with E-state index >= 15 is 0 Å². The van der Waals surface area contributed by atoms with Gasteiger partial charge < -0.3 is 18.9 Å². The van der Waals surface area contributed by atoms with Crippen LogP contribution in [0.5, 0.6) is 11.5 Å². The molecule has 0 amide bonds. The first-order valence-electron chi connectivity index (χ1n) is 8.75. The summed E-state index contributed by atoms with van der Waals surface area (Å²) in [6.07, 6.45) is 2.44. The molecule has 0 aliphatic carbocycles. The number of methoxy groups -OCH3 is 2. The number of hydrogen-bond donors (Lipinski definition) is 1. The van der Waals surface area contributed by atoms with Crippen LogP contribution >= 0.6 is 0 Å². The molecule has 0 saturated carbocycles. The number of fused-ring (bicyclic) bond motifs is 2. The van der Waals surface area contributed by atoms with Crippen molar-refractivity contribution in [1.82, 2.24) is 5.43 Å². The molecule has 0 fully saturated rings. The maximum absolute atomic E-state index is 5.83. The molecule has 0 spiro atoms. The molecule has 2 aromatic carbocycles. The highest BCUT2D eigenvalue weighted by Crippen LogP contribution is 2.38. The van der Waals surface area contributed by atoms with Gasteiger partial charge in [-0.2, -0.15) is 5.10 Å². The van der Waals surface area contributed by atoms with E-state index in [1.807, 2.05) is 49.4 Å². The van der Waals surface area contributed by atoms with Gasteiger partial charge in [-0.25, -0.2) is 0 Å². The van der Waals surface area contributed by atoms with Gasteiger partial charge in [0.15, 0.2) is 23.0 Å². The van der Waals surface area contributed by atoms with E-state index in [2.05, 4.69) is 10.5 Å². The van der Waals surface area contributed by atoms with E-state index in [4.69, 9.17) is 18.9 Å². The third kappa shape index (κ3) is 3.07. The van der Waals surface area contributed by atoms with E-state index in [9.17, 15) is 0 Å². The van der Waals surface area contributed by atoms with Crippen molar-refractivity contribution < 1.29 is 18.9 Å². The molecule has 0 bridgehead atoms. The summed E-state index contributed by atoms with van der Waals surface area (Å²) in [6.45, 7) is 2.29. The van der Waals surface area contributed by atoms with Gasteiger partial charge in [-0.05, 0) is 24.6 Å². The van der Waals surface area contributed by atoms with Gasteiger partial charge in [-0.15, -0.1) is 0 Å². The molecule has 1 atom stereocenters. The molecule has 27 heavy (non-hydrogen) atoms. The average Bonchev–Trinajstić information content (AvgIpc) is 3.06. The normalized spacial score (nSPS) is 20.9. The van der Waals surface area contributed by atoms with Crippen molar-refractivity contribution in [2.24, 2.45) is 5.10 Å². The zero-order valence-electron chi connectivity index (χ0n) is 15.6. The van der Waals surface area contributed by atoms with Gasteiger partial charge in [0, 0.05) is 17.5 Å². The molecule has 2 aromatic rings. The maximum atomic E-state index is 5.83. The first kappa shape index (κ1) is 17.3. The second kappa shape index (κ2) is 6.87. The van der Waals surface area contributed by atoms with Crippen molar-refractivity contribution >= 4 is 12.0 Å². The predicted octanol–water partition coefficient (Wildman–Crippen LogP) is 3.32. The third-order valence-corrected chi connectivity index (χ3v) is 4.84. The molecular weight excluding hydrogens is 344 g/mol. The van der Waals surface area contributed by atoms with Gasteiger partial charge in [0.1, 0.15) is 5.54 Å². The molecule has 0 saturated heterocycles. The Labute approximate surface area is 158 Å². The quantitative estimate of drug-likeness (QED) is 0.841. The summed E-state index contributed by atoms with van der Waals surface area (Å²) < 4.78 is 22.6. The Balaban J connectivity index is 1.79. The summed E-state index contributed by atoms with van der Waals surface area (Å²) >= 11 is 0. The van der Waals surface area contributed by atoms with Crippen molar-refractivity contribution in [1.29, 1.82) is 0 Å². The Hall–Kier alpha value is -3.15. The Bertz CT molecular complexity index is 908. The van der Waals surface area contributed by atoms with Gasteiger partial charge >= 0.3 is 0 Å². The lowest BCUT2D eigenvalue weighted by Gasteiger charge is -2.31. The van der Waals surface area contributed by atoms with Crippen molar-refractivity contribution in [2.45, 2.75) is 18.9 Å². The van der Waals surface area contributed by atoms with Crippen LogP contribution in [0.2, 0.25) is 0 Å². The summed E-state index contributed by atoms with van der Waals surface area (Å²) in [7, 11) is 3.30. The van der Waals surface area contributed by atoms with Crippen LogP contribution in [0.1, 0.15) is 23.6 Å². The molecule has 2 aliphatic heterocycles. The zero-order valence-corrected chi connectivity index (χ0v) is 15.6. The number of nitrogens with zero attached hydrogens (tertiary/aromatic N) is 1. The van der Waals surface area contributed by atoms with Crippen molar-refractivity contribution in [2.75, 3.05) is 21.0 Å². The second-order valence-electron chi connectivity index (χ2n) is 6.72. The summed E-state index contributed by atoms with van der Waals surface area (Å²) in [5, 5.41) is 4.43. The third-order valence-electron chi connectivity index (χ3n) is 4.84. The minimum atomic E-state index is -0.606. The summed E-state index contributed by atoms with van der Waals surface area (Å²) in [4.78, 5) is 0. The molecule has 6 nitrogen and oxygen atoms in total. The van der Waals surface area contributed by atoms with E-state index in [1.165, 1.54) is 0 Å². The van der Waals surface area contributed by atoms with Crippen molar-refractivity contribution in [3.05, 3.63) is 64.9 Å². The van der Waals surface area contributed by atoms with Crippen LogP contribution in [0, 0.1) is 0 Å². The molecule has 0 aromatic heterocycles. The standard InChI is InChI=1S/C21H22N2O4/c1-21(20(25-3)19(24-2)14-7-5-4-6-8-14)11-15-9-17-18(27-13-26-17)10-16(15)12-22-23-21/h4-10,12,23H,11,13H2,1-3H3. The molecule has 6 heteroatoms. The van der Waals surface area contributed by atoms with E-state index in [-0.39, 0.29) is 6.79 Å². The van der Waals surface area contributed by atoms with Gasteiger partial charge in [0.2, 0.25) is 6.79 Å². The highest BCUT2D eigenvalue weighted by atomic mass is 16.7. The van der Waals surface area contributed by atoms with Crippen molar-refractivity contribution in [3.8, 4) is 11.5 Å². The Morgan fingerprint density at radius 3 is 2.52 bits per heavy atom. The highest BCUT2D eigenvalue weighted by Gasteiger charge is 2.37. The van der Waals surface area contributed by atoms with Gasteiger partial charge in [-0.1, -0.05) is 30.3 Å². The summed E-state index contributed by atoms with van der Waals surface area (Å²) in [6, 6.07) is 13.9. The van der Waals surface area contributed by atoms with E-state index in [1.54, 1.807) is 20.4 Å². The number of hydrazone groups is 1. The van der Waals surface area contributed by atoms with Gasteiger partial charge in [0.05, 0.1) is 20.4 Å². The van der Waals surface area contributed by atoms with Crippen LogP contribution < -0.4 is 14.9 Å². The fourth-order valence-electron chi connectivity index (χ4n) is 3.57. The molecule has 1 N–H and O–H groups in total. The predicted molar refractivity (Wildman–Crippen MR) is 103 cm³/mol. The first-order chi connectivity index (χ1) is 13.1. The van der Waals surface area contributed by atoms with Crippen LogP contribution in [0.15, 0.2) is 53.3 Å². The van der Waals surface area contributed by atoms with E-state index in [0.717, 1.165) is 28.2 Å². The Morgan fingerprint density at radius 1 is 1.07 bits per heavy atom. The van der Waals surface area contributed by atoms with Crippen LogP contribution in [0.3, 0.4) is 0 Å². The highest BCUT2D eigenvalue weighted by molar-refractivity contribution is 5.84. The minimum Gasteiger partial charge on any atom is -0.495 e. The number of benzene rings is 2. The first-order valence-corrected chi connectivity index (χ1v) is 8.75. The maximum Gasteiger partial charge on any atom is 0.231 e. The van der Waals surface area contributed by atoms with Crippen LogP contribution in [-0.2, 0) is 15.9 Å². The molecule has 2 heterocycles. The Kier molecular flexibility index (Phi) is 4.39. The smallest absolute Gasteiger partial charge is 0.231 e.